The number of hydrogen-bond donors (Lipinski definition) is 2. The van der Waals surface area contributed by atoms with Crippen molar-refractivity contribution in [2.24, 2.45) is 0 Å². The predicted octanol–water partition coefficient (Wildman–Crippen LogP) is 3.63. The van der Waals surface area contributed by atoms with Crippen molar-refractivity contribution in [3.05, 3.63) is 57.8 Å². The first-order chi connectivity index (χ1) is 9.97. The summed E-state index contributed by atoms with van der Waals surface area (Å²) in [6.07, 6.45) is -4.49. The van der Waals surface area contributed by atoms with Crippen molar-refractivity contribution in [1.29, 1.82) is 0 Å². The highest BCUT2D eigenvalue weighted by Crippen LogP contribution is 2.30. The molecule has 0 amide bonds. The fourth-order valence-electron chi connectivity index (χ4n) is 1.95. The van der Waals surface area contributed by atoms with E-state index in [1.54, 1.807) is 11.3 Å². The van der Waals surface area contributed by atoms with E-state index in [-0.39, 0.29) is 12.1 Å². The van der Waals surface area contributed by atoms with Crippen LogP contribution in [0.5, 0.6) is 0 Å². The molecule has 114 valence electrons. The number of hydrogen-bond acceptors (Lipinski definition) is 3. The Morgan fingerprint density at radius 3 is 2.67 bits per heavy atom. The Balaban J connectivity index is 1.84. The summed E-state index contributed by atoms with van der Waals surface area (Å²) in [5.74, 6) is 0. The summed E-state index contributed by atoms with van der Waals surface area (Å²) in [4.78, 5) is 1.23. The van der Waals surface area contributed by atoms with Crippen molar-refractivity contribution in [1.82, 2.24) is 5.32 Å². The van der Waals surface area contributed by atoms with Crippen molar-refractivity contribution < 1.29 is 18.3 Å². The van der Waals surface area contributed by atoms with E-state index < -0.39 is 17.8 Å². The van der Waals surface area contributed by atoms with E-state index in [1.807, 2.05) is 17.5 Å². The zero-order valence-electron chi connectivity index (χ0n) is 11.2. The molecule has 0 saturated heterocycles. The summed E-state index contributed by atoms with van der Waals surface area (Å²) in [5.41, 5.74) is -0.467. The molecular formula is C15H16F3NOS. The second kappa shape index (κ2) is 7.06. The molecule has 1 aromatic heterocycles. The first-order valence-electron chi connectivity index (χ1n) is 6.55. The minimum absolute atomic E-state index is 0.229. The third-order valence-corrected chi connectivity index (χ3v) is 4.00. The Morgan fingerprint density at radius 2 is 2.00 bits per heavy atom. The second-order valence-corrected chi connectivity index (χ2v) is 5.70. The highest BCUT2D eigenvalue weighted by molar-refractivity contribution is 7.09. The largest absolute Gasteiger partial charge is 0.416 e. The highest BCUT2D eigenvalue weighted by atomic mass is 32.1. The smallest absolute Gasteiger partial charge is 0.387 e. The van der Waals surface area contributed by atoms with Crippen molar-refractivity contribution in [2.75, 3.05) is 13.1 Å². The van der Waals surface area contributed by atoms with Crippen LogP contribution in [0.1, 0.15) is 22.1 Å². The van der Waals surface area contributed by atoms with Gasteiger partial charge in [0.1, 0.15) is 0 Å². The Hall–Kier alpha value is -1.37. The van der Waals surface area contributed by atoms with Crippen LogP contribution in [0, 0.1) is 0 Å². The van der Waals surface area contributed by atoms with Crippen LogP contribution in [-0.4, -0.2) is 18.2 Å². The molecule has 2 rings (SSSR count). The number of thiophene rings is 1. The monoisotopic (exact) mass is 315 g/mol. The van der Waals surface area contributed by atoms with Gasteiger partial charge in [0.25, 0.3) is 0 Å². The summed E-state index contributed by atoms with van der Waals surface area (Å²) < 4.78 is 37.8. The third kappa shape index (κ3) is 4.84. The molecule has 21 heavy (non-hydrogen) atoms. The van der Waals surface area contributed by atoms with Gasteiger partial charge in [-0.1, -0.05) is 18.2 Å². The van der Waals surface area contributed by atoms with Crippen LogP contribution in [0.4, 0.5) is 13.2 Å². The molecule has 2 nitrogen and oxygen atoms in total. The number of aliphatic hydroxyl groups is 1. The van der Waals surface area contributed by atoms with Crippen LogP contribution in [0.3, 0.4) is 0 Å². The minimum Gasteiger partial charge on any atom is -0.387 e. The fraction of sp³-hybridized carbons (Fsp3) is 0.333. The Kier molecular flexibility index (Phi) is 5.39. The van der Waals surface area contributed by atoms with Crippen LogP contribution in [0.25, 0.3) is 0 Å². The van der Waals surface area contributed by atoms with Crippen LogP contribution in [-0.2, 0) is 12.6 Å². The maximum absolute atomic E-state index is 12.6. The Bertz CT molecular complexity index is 554. The molecule has 6 heteroatoms. The van der Waals surface area contributed by atoms with E-state index >= 15 is 0 Å². The quantitative estimate of drug-likeness (QED) is 0.798. The second-order valence-electron chi connectivity index (χ2n) is 4.67. The molecule has 2 N–H and O–H groups in total. The molecule has 0 aliphatic carbocycles. The van der Waals surface area contributed by atoms with Gasteiger partial charge in [-0.3, -0.25) is 0 Å². The summed E-state index contributed by atoms with van der Waals surface area (Å²) >= 11 is 1.66. The number of halogens is 3. The predicted molar refractivity (Wildman–Crippen MR) is 77.3 cm³/mol. The molecule has 1 atom stereocenters. The molecule has 0 radical (unpaired) electrons. The molecule has 0 saturated carbocycles. The van der Waals surface area contributed by atoms with Crippen LogP contribution < -0.4 is 5.32 Å². The first-order valence-corrected chi connectivity index (χ1v) is 7.43. The lowest BCUT2D eigenvalue weighted by molar-refractivity contribution is -0.137. The molecule has 0 aliphatic heterocycles. The third-order valence-electron chi connectivity index (χ3n) is 3.06. The van der Waals surface area contributed by atoms with E-state index in [4.69, 9.17) is 0 Å². The number of alkyl halides is 3. The van der Waals surface area contributed by atoms with Gasteiger partial charge >= 0.3 is 6.18 Å². The standard InChI is InChI=1S/C15H16F3NOS/c16-15(17,18)12-4-1-3-11(9-12)14(20)10-19-7-6-13-5-2-8-21-13/h1-5,8-9,14,19-20H,6-7,10H2. The first kappa shape index (κ1) is 16.0. The van der Waals surface area contributed by atoms with E-state index in [1.165, 1.54) is 17.0 Å². The van der Waals surface area contributed by atoms with Gasteiger partial charge in [0.05, 0.1) is 11.7 Å². The molecule has 0 aliphatic rings. The summed E-state index contributed by atoms with van der Waals surface area (Å²) in [6.45, 7) is 0.906. The molecule has 2 aromatic rings. The maximum atomic E-state index is 12.6. The lowest BCUT2D eigenvalue weighted by Gasteiger charge is -2.14. The summed E-state index contributed by atoms with van der Waals surface area (Å²) in [7, 11) is 0. The lowest BCUT2D eigenvalue weighted by atomic mass is 10.1. The fourth-order valence-corrected chi connectivity index (χ4v) is 2.65. The maximum Gasteiger partial charge on any atom is 0.416 e. The van der Waals surface area contributed by atoms with Gasteiger partial charge in [-0.05, 0) is 35.6 Å². The van der Waals surface area contributed by atoms with E-state index in [0.29, 0.717) is 6.54 Å². The Morgan fingerprint density at radius 1 is 1.19 bits per heavy atom. The van der Waals surface area contributed by atoms with Gasteiger partial charge in [-0.15, -0.1) is 11.3 Å². The van der Waals surface area contributed by atoms with E-state index in [2.05, 4.69) is 5.32 Å². The van der Waals surface area contributed by atoms with Crippen LogP contribution in [0.2, 0.25) is 0 Å². The zero-order valence-corrected chi connectivity index (χ0v) is 12.0. The number of aliphatic hydroxyl groups excluding tert-OH is 1. The SMILES string of the molecule is OC(CNCCc1cccs1)c1cccc(C(F)(F)F)c1. The average molecular weight is 315 g/mol. The normalized spacial score (nSPS) is 13.3. The lowest BCUT2D eigenvalue weighted by Crippen LogP contribution is -2.23. The number of benzene rings is 1. The summed E-state index contributed by atoms with van der Waals surface area (Å²) in [5, 5.41) is 15.0. The van der Waals surface area contributed by atoms with Gasteiger partial charge in [-0.2, -0.15) is 13.2 Å². The molecule has 0 fully saturated rings. The van der Waals surface area contributed by atoms with E-state index in [9.17, 15) is 18.3 Å². The topological polar surface area (TPSA) is 32.3 Å². The van der Waals surface area contributed by atoms with Crippen molar-refractivity contribution in [3.63, 3.8) is 0 Å². The number of nitrogens with one attached hydrogen (secondary N) is 1. The van der Waals surface area contributed by atoms with Gasteiger partial charge in [0.2, 0.25) is 0 Å². The molecule has 1 aromatic carbocycles. The van der Waals surface area contributed by atoms with Crippen LogP contribution >= 0.6 is 11.3 Å². The minimum atomic E-state index is -4.39. The van der Waals surface area contributed by atoms with Gasteiger partial charge in [0, 0.05) is 18.0 Å². The summed E-state index contributed by atoms with van der Waals surface area (Å²) in [6, 6.07) is 8.80. The molecule has 1 unspecified atom stereocenters. The number of rotatable bonds is 6. The average Bonchev–Trinajstić information content (AvgIpc) is 2.96. The van der Waals surface area contributed by atoms with Crippen molar-refractivity contribution >= 4 is 11.3 Å². The molecule has 1 heterocycles. The zero-order chi connectivity index (χ0) is 15.3. The van der Waals surface area contributed by atoms with E-state index in [0.717, 1.165) is 18.6 Å². The molecule has 0 spiro atoms. The van der Waals surface area contributed by atoms with Crippen molar-refractivity contribution in [3.8, 4) is 0 Å². The van der Waals surface area contributed by atoms with Crippen LogP contribution in [0.15, 0.2) is 41.8 Å². The molecular weight excluding hydrogens is 299 g/mol. The van der Waals surface area contributed by atoms with Gasteiger partial charge in [-0.25, -0.2) is 0 Å². The molecule has 0 bridgehead atoms. The van der Waals surface area contributed by atoms with Gasteiger partial charge in [0.15, 0.2) is 0 Å². The van der Waals surface area contributed by atoms with Gasteiger partial charge < -0.3 is 10.4 Å². The highest BCUT2D eigenvalue weighted by Gasteiger charge is 2.30. The van der Waals surface area contributed by atoms with Crippen molar-refractivity contribution in [2.45, 2.75) is 18.7 Å². The Labute approximate surface area is 125 Å².